The third-order valence-corrected chi connectivity index (χ3v) is 4.00. The second-order valence-electron chi connectivity index (χ2n) is 5.81. The molecule has 6 nitrogen and oxygen atoms in total. The lowest BCUT2D eigenvalue weighted by molar-refractivity contribution is -0.118. The maximum atomic E-state index is 12.4. The predicted octanol–water partition coefficient (Wildman–Crippen LogP) is 0.889. The summed E-state index contributed by atoms with van der Waals surface area (Å²) in [5, 5.41) is 9.09. The number of benzene rings is 1. The molecule has 0 unspecified atom stereocenters. The molecule has 1 aromatic carbocycles. The molecule has 0 saturated carbocycles. The molecule has 6 heteroatoms. The SMILES string of the molecule is CC1(NC(=O)c2ccc3c(c2)NC(=O)CO3)CCNCC1. The van der Waals surface area contributed by atoms with Gasteiger partial charge in [-0.3, -0.25) is 9.59 Å². The number of hydrogen-bond donors (Lipinski definition) is 3. The molecule has 1 saturated heterocycles. The number of piperidine rings is 1. The summed E-state index contributed by atoms with van der Waals surface area (Å²) in [6.45, 7) is 3.90. The first-order chi connectivity index (χ1) is 10.1. The van der Waals surface area contributed by atoms with Gasteiger partial charge in [-0.25, -0.2) is 0 Å². The van der Waals surface area contributed by atoms with Crippen molar-refractivity contribution in [3.8, 4) is 5.75 Å². The van der Waals surface area contributed by atoms with Gasteiger partial charge in [0, 0.05) is 11.1 Å². The van der Waals surface area contributed by atoms with Crippen molar-refractivity contribution in [1.29, 1.82) is 0 Å². The van der Waals surface area contributed by atoms with Crippen molar-refractivity contribution in [1.82, 2.24) is 10.6 Å². The second kappa shape index (κ2) is 5.37. The fourth-order valence-electron chi connectivity index (χ4n) is 2.67. The number of nitrogens with one attached hydrogen (secondary N) is 3. The number of rotatable bonds is 2. The van der Waals surface area contributed by atoms with E-state index in [2.05, 4.69) is 22.9 Å². The molecule has 2 amide bonds. The molecule has 0 atom stereocenters. The van der Waals surface area contributed by atoms with Crippen molar-refractivity contribution in [3.63, 3.8) is 0 Å². The number of carbonyl (C=O) groups is 2. The van der Waals surface area contributed by atoms with E-state index in [1.807, 2.05) is 0 Å². The fraction of sp³-hybridized carbons (Fsp3) is 0.467. The van der Waals surface area contributed by atoms with Gasteiger partial charge in [0.05, 0.1) is 5.69 Å². The summed E-state index contributed by atoms with van der Waals surface area (Å²) in [6, 6.07) is 5.09. The standard InChI is InChI=1S/C15H19N3O3/c1-15(4-6-16-7-5-15)18-14(20)10-2-3-12-11(8-10)17-13(19)9-21-12/h2-3,8,16H,4-7,9H2,1H3,(H,17,19)(H,18,20). The Morgan fingerprint density at radius 2 is 2.10 bits per heavy atom. The first kappa shape index (κ1) is 13.9. The predicted molar refractivity (Wildman–Crippen MR) is 78.5 cm³/mol. The second-order valence-corrected chi connectivity index (χ2v) is 5.81. The van der Waals surface area contributed by atoms with Crippen LogP contribution in [0.3, 0.4) is 0 Å². The van der Waals surface area contributed by atoms with Crippen LogP contribution in [0.15, 0.2) is 18.2 Å². The van der Waals surface area contributed by atoms with Crippen molar-refractivity contribution in [3.05, 3.63) is 23.8 Å². The summed E-state index contributed by atoms with van der Waals surface area (Å²) in [4.78, 5) is 23.7. The Balaban J connectivity index is 1.75. The van der Waals surface area contributed by atoms with Gasteiger partial charge in [0.2, 0.25) is 0 Å². The Hall–Kier alpha value is -2.08. The molecule has 0 aliphatic carbocycles. The summed E-state index contributed by atoms with van der Waals surface area (Å²) in [6.07, 6.45) is 1.81. The van der Waals surface area contributed by atoms with E-state index in [1.165, 1.54) is 0 Å². The minimum atomic E-state index is -0.203. The van der Waals surface area contributed by atoms with Gasteiger partial charge in [0.15, 0.2) is 6.61 Å². The molecule has 3 N–H and O–H groups in total. The maximum Gasteiger partial charge on any atom is 0.262 e. The molecule has 21 heavy (non-hydrogen) atoms. The molecule has 0 spiro atoms. The first-order valence-electron chi connectivity index (χ1n) is 7.16. The third-order valence-electron chi connectivity index (χ3n) is 4.00. The van der Waals surface area contributed by atoms with Gasteiger partial charge >= 0.3 is 0 Å². The van der Waals surface area contributed by atoms with Gasteiger partial charge < -0.3 is 20.7 Å². The molecule has 0 radical (unpaired) electrons. The Kier molecular flexibility index (Phi) is 3.55. The fourth-order valence-corrected chi connectivity index (χ4v) is 2.67. The van der Waals surface area contributed by atoms with E-state index in [-0.39, 0.29) is 24.0 Å². The largest absolute Gasteiger partial charge is 0.482 e. The van der Waals surface area contributed by atoms with E-state index in [0.717, 1.165) is 25.9 Å². The number of hydrogen-bond acceptors (Lipinski definition) is 4. The minimum absolute atomic E-state index is 0.0175. The quantitative estimate of drug-likeness (QED) is 0.755. The van der Waals surface area contributed by atoms with Gasteiger partial charge in [-0.1, -0.05) is 0 Å². The zero-order chi connectivity index (χ0) is 14.9. The molecular formula is C15H19N3O3. The Bertz CT molecular complexity index is 580. The van der Waals surface area contributed by atoms with Crippen LogP contribution in [-0.4, -0.2) is 37.0 Å². The lowest BCUT2D eigenvalue weighted by atomic mass is 9.90. The lowest BCUT2D eigenvalue weighted by Gasteiger charge is -2.35. The van der Waals surface area contributed by atoms with Gasteiger partial charge in [-0.2, -0.15) is 0 Å². The molecule has 1 aromatic rings. The summed E-state index contributed by atoms with van der Waals surface area (Å²) in [7, 11) is 0. The molecule has 2 aliphatic rings. The van der Waals surface area contributed by atoms with E-state index in [9.17, 15) is 9.59 Å². The molecule has 0 aromatic heterocycles. The highest BCUT2D eigenvalue weighted by molar-refractivity contribution is 6.00. The van der Waals surface area contributed by atoms with E-state index in [0.29, 0.717) is 17.0 Å². The zero-order valence-corrected chi connectivity index (χ0v) is 12.0. The number of ether oxygens (including phenoxy) is 1. The van der Waals surface area contributed by atoms with Crippen molar-refractivity contribution in [2.45, 2.75) is 25.3 Å². The first-order valence-corrected chi connectivity index (χ1v) is 7.16. The van der Waals surface area contributed by atoms with E-state index in [4.69, 9.17) is 4.74 Å². The van der Waals surface area contributed by atoms with E-state index in [1.54, 1.807) is 18.2 Å². The summed E-state index contributed by atoms with van der Waals surface area (Å²) >= 11 is 0. The minimum Gasteiger partial charge on any atom is -0.482 e. The summed E-state index contributed by atoms with van der Waals surface area (Å²) < 4.78 is 5.29. The summed E-state index contributed by atoms with van der Waals surface area (Å²) in [5.41, 5.74) is 0.895. The van der Waals surface area contributed by atoms with Crippen LogP contribution in [0, 0.1) is 0 Å². The van der Waals surface area contributed by atoms with Gasteiger partial charge in [-0.15, -0.1) is 0 Å². The van der Waals surface area contributed by atoms with Crippen LogP contribution < -0.4 is 20.7 Å². The van der Waals surface area contributed by atoms with Crippen LogP contribution >= 0.6 is 0 Å². The number of amides is 2. The third kappa shape index (κ3) is 3.00. The lowest BCUT2D eigenvalue weighted by Crippen LogP contribution is -2.52. The van der Waals surface area contributed by atoms with Crippen molar-refractivity contribution in [2.24, 2.45) is 0 Å². The summed E-state index contributed by atoms with van der Waals surface area (Å²) in [5.74, 6) is 0.270. The van der Waals surface area contributed by atoms with Crippen LogP contribution in [0.5, 0.6) is 5.75 Å². The number of carbonyl (C=O) groups excluding carboxylic acids is 2. The van der Waals surface area contributed by atoms with Crippen molar-refractivity contribution in [2.75, 3.05) is 25.0 Å². The molecule has 3 rings (SSSR count). The topological polar surface area (TPSA) is 79.5 Å². The van der Waals surface area contributed by atoms with E-state index >= 15 is 0 Å². The smallest absolute Gasteiger partial charge is 0.262 e. The van der Waals surface area contributed by atoms with Gasteiger partial charge in [-0.05, 0) is 51.1 Å². The van der Waals surface area contributed by atoms with Crippen molar-refractivity contribution < 1.29 is 14.3 Å². The molecule has 1 fully saturated rings. The number of anilines is 1. The zero-order valence-electron chi connectivity index (χ0n) is 12.0. The number of fused-ring (bicyclic) bond motifs is 1. The Morgan fingerprint density at radius 1 is 1.33 bits per heavy atom. The molecule has 112 valence electrons. The maximum absolute atomic E-state index is 12.4. The van der Waals surface area contributed by atoms with Gasteiger partial charge in [0.25, 0.3) is 11.8 Å². The molecular weight excluding hydrogens is 270 g/mol. The average Bonchev–Trinajstić information content (AvgIpc) is 2.46. The van der Waals surface area contributed by atoms with Crippen LogP contribution in [0.4, 0.5) is 5.69 Å². The van der Waals surface area contributed by atoms with Crippen LogP contribution in [0.2, 0.25) is 0 Å². The average molecular weight is 289 g/mol. The Morgan fingerprint density at radius 3 is 2.86 bits per heavy atom. The highest BCUT2D eigenvalue weighted by atomic mass is 16.5. The van der Waals surface area contributed by atoms with Gasteiger partial charge in [0.1, 0.15) is 5.75 Å². The van der Waals surface area contributed by atoms with Crippen LogP contribution in [-0.2, 0) is 4.79 Å². The molecule has 2 heterocycles. The monoisotopic (exact) mass is 289 g/mol. The normalized spacial score (nSPS) is 20.0. The highest BCUT2D eigenvalue weighted by Crippen LogP contribution is 2.28. The molecule has 0 bridgehead atoms. The molecule has 2 aliphatic heterocycles. The van der Waals surface area contributed by atoms with Crippen LogP contribution in [0.25, 0.3) is 0 Å². The van der Waals surface area contributed by atoms with Crippen LogP contribution in [0.1, 0.15) is 30.1 Å². The van der Waals surface area contributed by atoms with Crippen molar-refractivity contribution >= 4 is 17.5 Å². The Labute approximate surface area is 123 Å². The highest BCUT2D eigenvalue weighted by Gasteiger charge is 2.29. The van der Waals surface area contributed by atoms with E-state index < -0.39 is 0 Å².